The van der Waals surface area contributed by atoms with E-state index in [9.17, 15) is 4.79 Å². The van der Waals surface area contributed by atoms with Gasteiger partial charge < -0.3 is 15.4 Å². The Morgan fingerprint density at radius 1 is 1.42 bits per heavy atom. The third-order valence-corrected chi connectivity index (χ3v) is 5.01. The van der Waals surface area contributed by atoms with Crippen LogP contribution in [0.4, 0.5) is 0 Å². The highest BCUT2D eigenvalue weighted by Crippen LogP contribution is 2.29. The van der Waals surface area contributed by atoms with Crippen LogP contribution in [0, 0.1) is 19.3 Å². The molecule has 0 aromatic carbocycles. The second kappa shape index (κ2) is 8.83. The van der Waals surface area contributed by atoms with Crippen molar-refractivity contribution in [3.63, 3.8) is 0 Å². The van der Waals surface area contributed by atoms with E-state index in [4.69, 9.17) is 4.74 Å². The lowest BCUT2D eigenvalue weighted by Crippen LogP contribution is -2.52. The van der Waals surface area contributed by atoms with Gasteiger partial charge >= 0.3 is 0 Å². The van der Waals surface area contributed by atoms with Crippen molar-refractivity contribution < 1.29 is 9.53 Å². The van der Waals surface area contributed by atoms with Gasteiger partial charge in [0.05, 0.1) is 17.7 Å². The van der Waals surface area contributed by atoms with Gasteiger partial charge in [0.25, 0.3) is 0 Å². The molecule has 1 aromatic rings. The molecule has 0 spiro atoms. The van der Waals surface area contributed by atoms with Crippen molar-refractivity contribution in [3.05, 3.63) is 17.0 Å². The third kappa shape index (κ3) is 4.49. The zero-order valence-corrected chi connectivity index (χ0v) is 16.3. The van der Waals surface area contributed by atoms with E-state index in [0.717, 1.165) is 43.7 Å². The summed E-state index contributed by atoms with van der Waals surface area (Å²) in [6, 6.07) is 0.0766. The maximum absolute atomic E-state index is 12.8. The first kappa shape index (κ1) is 20.9. The Balaban J connectivity index is 0.00000288. The summed E-state index contributed by atoms with van der Waals surface area (Å²) in [6.07, 6.45) is 2.45. The number of hydrogen-bond donors (Lipinski definition) is 2. The van der Waals surface area contributed by atoms with Gasteiger partial charge in [-0.1, -0.05) is 0 Å². The zero-order chi connectivity index (χ0) is 17.0. The van der Waals surface area contributed by atoms with Crippen LogP contribution in [0.3, 0.4) is 0 Å². The van der Waals surface area contributed by atoms with Crippen LogP contribution >= 0.6 is 12.4 Å². The van der Waals surface area contributed by atoms with Crippen LogP contribution in [0.25, 0.3) is 0 Å². The second-order valence-corrected chi connectivity index (χ2v) is 6.81. The molecule has 0 aliphatic carbocycles. The number of piperidine rings is 1. The van der Waals surface area contributed by atoms with Crippen LogP contribution in [-0.2, 0) is 23.0 Å². The predicted octanol–water partition coefficient (Wildman–Crippen LogP) is 1.52. The SMILES string of the molecule is COCC1(C(=O)NC(C)Cc2c(C)nn(C)c2C)CCNCC1.Cl. The number of ether oxygens (including phenoxy) is 1. The van der Waals surface area contributed by atoms with Crippen LogP contribution in [0.15, 0.2) is 0 Å². The molecule has 1 aliphatic rings. The van der Waals surface area contributed by atoms with E-state index in [2.05, 4.69) is 29.6 Å². The van der Waals surface area contributed by atoms with Gasteiger partial charge in [0.1, 0.15) is 0 Å². The highest BCUT2D eigenvalue weighted by atomic mass is 35.5. The van der Waals surface area contributed by atoms with Gasteiger partial charge in [-0.3, -0.25) is 9.48 Å². The molecule has 1 aromatic heterocycles. The molecule has 24 heavy (non-hydrogen) atoms. The summed E-state index contributed by atoms with van der Waals surface area (Å²) in [6.45, 7) is 8.38. The van der Waals surface area contributed by atoms with Gasteiger partial charge in [0.15, 0.2) is 0 Å². The van der Waals surface area contributed by atoms with E-state index in [1.54, 1.807) is 7.11 Å². The second-order valence-electron chi connectivity index (χ2n) is 6.81. The molecule has 2 rings (SSSR count). The zero-order valence-electron chi connectivity index (χ0n) is 15.4. The van der Waals surface area contributed by atoms with Crippen LogP contribution in [0.1, 0.15) is 36.7 Å². The smallest absolute Gasteiger partial charge is 0.228 e. The van der Waals surface area contributed by atoms with Crippen molar-refractivity contribution in [2.24, 2.45) is 12.5 Å². The van der Waals surface area contributed by atoms with Gasteiger partial charge in [-0.25, -0.2) is 0 Å². The lowest BCUT2D eigenvalue weighted by atomic mass is 9.78. The Hall–Kier alpha value is -1.11. The molecule has 1 amide bonds. The van der Waals surface area contributed by atoms with E-state index in [-0.39, 0.29) is 24.4 Å². The Labute approximate surface area is 151 Å². The number of carbonyl (C=O) groups excluding carboxylic acids is 1. The normalized spacial score (nSPS) is 17.9. The molecule has 7 heteroatoms. The molecule has 1 atom stereocenters. The monoisotopic (exact) mass is 358 g/mol. The predicted molar refractivity (Wildman–Crippen MR) is 97.7 cm³/mol. The van der Waals surface area contributed by atoms with E-state index < -0.39 is 5.41 Å². The number of rotatable bonds is 6. The number of amides is 1. The topological polar surface area (TPSA) is 68.2 Å². The fourth-order valence-electron chi connectivity index (χ4n) is 3.47. The quantitative estimate of drug-likeness (QED) is 0.809. The average molecular weight is 359 g/mol. The Bertz CT molecular complexity index is 548. The largest absolute Gasteiger partial charge is 0.384 e. The number of nitrogens with one attached hydrogen (secondary N) is 2. The minimum atomic E-state index is -0.396. The highest BCUT2D eigenvalue weighted by Gasteiger charge is 2.40. The molecule has 2 heterocycles. The van der Waals surface area contributed by atoms with Gasteiger partial charge in [0.2, 0.25) is 5.91 Å². The summed E-state index contributed by atoms with van der Waals surface area (Å²) < 4.78 is 7.25. The molecule has 138 valence electrons. The first-order valence-corrected chi connectivity index (χ1v) is 8.39. The number of carbonyl (C=O) groups is 1. The first-order chi connectivity index (χ1) is 10.9. The fraction of sp³-hybridized carbons (Fsp3) is 0.765. The first-order valence-electron chi connectivity index (χ1n) is 8.39. The van der Waals surface area contributed by atoms with Crippen LogP contribution in [-0.4, -0.2) is 48.5 Å². The maximum atomic E-state index is 12.8. The number of nitrogens with zero attached hydrogens (tertiary/aromatic N) is 2. The molecular formula is C17H31ClN4O2. The third-order valence-electron chi connectivity index (χ3n) is 5.01. The van der Waals surface area contributed by atoms with Crippen LogP contribution in [0.2, 0.25) is 0 Å². The van der Waals surface area contributed by atoms with Crippen molar-refractivity contribution in [3.8, 4) is 0 Å². The standard InChI is InChI=1S/C17H30N4O2.ClH/c1-12(10-15-13(2)20-21(4)14(15)3)19-16(22)17(11-23-5)6-8-18-9-7-17;/h12,18H,6-11H2,1-5H3,(H,19,22);1H. The number of aromatic nitrogens is 2. The maximum Gasteiger partial charge on any atom is 0.228 e. The summed E-state index contributed by atoms with van der Waals surface area (Å²) in [5, 5.41) is 11.0. The molecule has 1 unspecified atom stereocenters. The lowest BCUT2D eigenvalue weighted by Gasteiger charge is -2.36. The van der Waals surface area contributed by atoms with Crippen molar-refractivity contribution >= 4 is 18.3 Å². The molecule has 6 nitrogen and oxygen atoms in total. The molecular weight excluding hydrogens is 328 g/mol. The lowest BCUT2D eigenvalue weighted by molar-refractivity contribution is -0.136. The summed E-state index contributed by atoms with van der Waals surface area (Å²) in [7, 11) is 3.63. The van der Waals surface area contributed by atoms with Crippen LogP contribution in [0.5, 0.6) is 0 Å². The Morgan fingerprint density at radius 2 is 2.04 bits per heavy atom. The summed E-state index contributed by atoms with van der Waals surface area (Å²) in [5.41, 5.74) is 3.04. The van der Waals surface area contributed by atoms with E-state index >= 15 is 0 Å². The summed E-state index contributed by atoms with van der Waals surface area (Å²) in [4.78, 5) is 12.8. The van der Waals surface area contributed by atoms with E-state index in [1.165, 1.54) is 5.56 Å². The molecule has 0 radical (unpaired) electrons. The molecule has 2 N–H and O–H groups in total. The Kier molecular flexibility index (Phi) is 7.70. The molecule has 1 saturated heterocycles. The van der Waals surface area contributed by atoms with Crippen molar-refractivity contribution in [1.29, 1.82) is 0 Å². The minimum Gasteiger partial charge on any atom is -0.384 e. The molecule has 1 fully saturated rings. The number of hydrogen-bond acceptors (Lipinski definition) is 4. The minimum absolute atomic E-state index is 0. The molecule has 0 bridgehead atoms. The highest BCUT2D eigenvalue weighted by molar-refractivity contribution is 5.85. The number of aryl methyl sites for hydroxylation is 2. The van der Waals surface area contributed by atoms with E-state index in [1.807, 2.05) is 18.7 Å². The number of methoxy groups -OCH3 is 1. The van der Waals surface area contributed by atoms with E-state index in [0.29, 0.717) is 6.61 Å². The van der Waals surface area contributed by atoms with Crippen molar-refractivity contribution in [2.75, 3.05) is 26.8 Å². The van der Waals surface area contributed by atoms with Gasteiger partial charge in [-0.2, -0.15) is 5.10 Å². The van der Waals surface area contributed by atoms with Gasteiger partial charge in [0, 0.05) is 25.9 Å². The van der Waals surface area contributed by atoms with Crippen molar-refractivity contribution in [2.45, 2.75) is 46.1 Å². The van der Waals surface area contributed by atoms with Gasteiger partial charge in [-0.05, 0) is 58.7 Å². The number of halogens is 1. The van der Waals surface area contributed by atoms with Crippen LogP contribution < -0.4 is 10.6 Å². The average Bonchev–Trinajstić information content (AvgIpc) is 2.75. The summed E-state index contributed by atoms with van der Waals surface area (Å²) in [5.74, 6) is 0.118. The fourth-order valence-corrected chi connectivity index (χ4v) is 3.47. The molecule has 1 aliphatic heterocycles. The van der Waals surface area contributed by atoms with Gasteiger partial charge in [-0.15, -0.1) is 12.4 Å². The summed E-state index contributed by atoms with van der Waals surface area (Å²) >= 11 is 0. The van der Waals surface area contributed by atoms with Crippen molar-refractivity contribution in [1.82, 2.24) is 20.4 Å². The Morgan fingerprint density at radius 3 is 2.54 bits per heavy atom. The molecule has 0 saturated carbocycles.